The summed E-state index contributed by atoms with van der Waals surface area (Å²) in [6.45, 7) is 3.80. The van der Waals surface area contributed by atoms with Gasteiger partial charge in [0.25, 0.3) is 0 Å². The molecule has 0 radical (unpaired) electrons. The molecular formula is C11H23N3O. The first kappa shape index (κ1) is 12.5. The molecule has 1 aliphatic heterocycles. The highest BCUT2D eigenvalue weighted by Gasteiger charge is 2.18. The monoisotopic (exact) mass is 213 g/mol. The quantitative estimate of drug-likeness (QED) is 0.662. The Hall–Kier alpha value is -0.610. The van der Waals surface area contributed by atoms with Crippen LogP contribution in [0, 0.1) is 5.92 Å². The lowest BCUT2D eigenvalue weighted by atomic mass is 10.1. The Morgan fingerprint density at radius 2 is 2.40 bits per heavy atom. The van der Waals surface area contributed by atoms with E-state index >= 15 is 0 Å². The second kappa shape index (κ2) is 6.80. The summed E-state index contributed by atoms with van der Waals surface area (Å²) in [7, 11) is 2.15. The van der Waals surface area contributed by atoms with E-state index in [9.17, 15) is 4.79 Å². The molecule has 0 aromatic rings. The van der Waals surface area contributed by atoms with Crippen molar-refractivity contribution in [1.29, 1.82) is 0 Å². The molecule has 1 unspecified atom stereocenters. The third kappa shape index (κ3) is 5.14. The molecule has 1 heterocycles. The highest BCUT2D eigenvalue weighted by molar-refractivity contribution is 5.75. The lowest BCUT2D eigenvalue weighted by Gasteiger charge is -2.10. The van der Waals surface area contributed by atoms with Crippen molar-refractivity contribution in [2.75, 3.05) is 33.2 Å². The van der Waals surface area contributed by atoms with E-state index < -0.39 is 0 Å². The summed E-state index contributed by atoms with van der Waals surface area (Å²) in [5.41, 5.74) is 5.33. The van der Waals surface area contributed by atoms with Crippen LogP contribution in [0.25, 0.3) is 0 Å². The van der Waals surface area contributed by atoms with E-state index in [2.05, 4.69) is 17.3 Å². The summed E-state index contributed by atoms with van der Waals surface area (Å²) in [6, 6.07) is 0. The molecule has 0 saturated carbocycles. The predicted molar refractivity (Wildman–Crippen MR) is 61.5 cm³/mol. The fourth-order valence-electron chi connectivity index (χ4n) is 2.03. The van der Waals surface area contributed by atoms with Gasteiger partial charge in [0, 0.05) is 19.5 Å². The van der Waals surface area contributed by atoms with Crippen molar-refractivity contribution in [3.8, 4) is 0 Å². The smallest absolute Gasteiger partial charge is 0.220 e. The van der Waals surface area contributed by atoms with Gasteiger partial charge in [0.15, 0.2) is 0 Å². The maximum atomic E-state index is 11.3. The molecule has 4 nitrogen and oxygen atoms in total. The summed E-state index contributed by atoms with van der Waals surface area (Å²) in [5, 5.41) is 2.95. The fraction of sp³-hybridized carbons (Fsp3) is 0.909. The highest BCUT2D eigenvalue weighted by Crippen LogP contribution is 2.16. The lowest BCUT2D eigenvalue weighted by molar-refractivity contribution is -0.121. The average Bonchev–Trinajstić information content (AvgIpc) is 2.61. The minimum atomic E-state index is 0.145. The lowest BCUT2D eigenvalue weighted by Crippen LogP contribution is -2.26. The van der Waals surface area contributed by atoms with Gasteiger partial charge in [0.1, 0.15) is 0 Å². The summed E-state index contributed by atoms with van der Waals surface area (Å²) in [5.74, 6) is 0.914. The Bertz CT molecular complexity index is 196. The zero-order valence-electron chi connectivity index (χ0n) is 9.67. The highest BCUT2D eigenvalue weighted by atomic mass is 16.1. The number of hydrogen-bond acceptors (Lipinski definition) is 3. The molecule has 0 bridgehead atoms. The molecule has 0 aliphatic carbocycles. The molecule has 0 aromatic carbocycles. The van der Waals surface area contributed by atoms with Gasteiger partial charge in [-0.1, -0.05) is 0 Å². The maximum absolute atomic E-state index is 11.3. The number of carbonyl (C=O) groups excluding carboxylic acids is 1. The van der Waals surface area contributed by atoms with Crippen molar-refractivity contribution in [3.05, 3.63) is 0 Å². The van der Waals surface area contributed by atoms with Gasteiger partial charge in [-0.3, -0.25) is 4.79 Å². The van der Waals surface area contributed by atoms with Gasteiger partial charge in [0.05, 0.1) is 0 Å². The van der Waals surface area contributed by atoms with Gasteiger partial charge in [0.2, 0.25) is 5.91 Å². The van der Waals surface area contributed by atoms with Gasteiger partial charge in [-0.2, -0.15) is 0 Å². The first-order valence-corrected chi connectivity index (χ1v) is 5.87. The standard InChI is InChI=1S/C11H23N3O/c1-14-8-5-10(9-14)4-7-13-11(15)3-2-6-12/h10H,2-9,12H2,1H3,(H,13,15). The third-order valence-corrected chi connectivity index (χ3v) is 2.97. The van der Waals surface area contributed by atoms with E-state index in [0.717, 1.165) is 25.3 Å². The minimum Gasteiger partial charge on any atom is -0.356 e. The summed E-state index contributed by atoms with van der Waals surface area (Å²) < 4.78 is 0. The number of likely N-dealkylation sites (tertiary alicyclic amines) is 1. The van der Waals surface area contributed by atoms with Crippen molar-refractivity contribution >= 4 is 5.91 Å². The average molecular weight is 213 g/mol. The Morgan fingerprint density at radius 3 is 3.00 bits per heavy atom. The van der Waals surface area contributed by atoms with Crippen LogP contribution in [-0.4, -0.2) is 44.0 Å². The minimum absolute atomic E-state index is 0.145. The number of hydrogen-bond donors (Lipinski definition) is 2. The Morgan fingerprint density at radius 1 is 1.60 bits per heavy atom. The largest absolute Gasteiger partial charge is 0.356 e. The number of nitrogens with two attached hydrogens (primary N) is 1. The van der Waals surface area contributed by atoms with Gasteiger partial charge in [-0.25, -0.2) is 0 Å². The van der Waals surface area contributed by atoms with Gasteiger partial charge < -0.3 is 16.0 Å². The number of nitrogens with zero attached hydrogens (tertiary/aromatic N) is 1. The van der Waals surface area contributed by atoms with E-state index in [1.807, 2.05) is 0 Å². The summed E-state index contributed by atoms with van der Waals surface area (Å²) in [6.07, 6.45) is 3.74. The molecule has 0 aromatic heterocycles. The van der Waals surface area contributed by atoms with Gasteiger partial charge in [-0.05, 0) is 45.3 Å². The van der Waals surface area contributed by atoms with Crippen LogP contribution in [0.2, 0.25) is 0 Å². The number of carbonyl (C=O) groups is 1. The van der Waals surface area contributed by atoms with Crippen molar-refractivity contribution in [3.63, 3.8) is 0 Å². The van der Waals surface area contributed by atoms with E-state index in [0.29, 0.717) is 13.0 Å². The van der Waals surface area contributed by atoms with Crippen LogP contribution in [-0.2, 0) is 4.79 Å². The van der Waals surface area contributed by atoms with E-state index in [1.165, 1.54) is 19.5 Å². The van der Waals surface area contributed by atoms with Crippen LogP contribution in [0.4, 0.5) is 0 Å². The maximum Gasteiger partial charge on any atom is 0.220 e. The van der Waals surface area contributed by atoms with Crippen LogP contribution >= 0.6 is 0 Å². The zero-order valence-corrected chi connectivity index (χ0v) is 9.67. The fourth-order valence-corrected chi connectivity index (χ4v) is 2.03. The first-order valence-electron chi connectivity index (χ1n) is 5.87. The molecule has 3 N–H and O–H groups in total. The molecule has 1 aliphatic rings. The topological polar surface area (TPSA) is 58.4 Å². The normalized spacial score (nSPS) is 21.9. The molecule has 4 heteroatoms. The summed E-state index contributed by atoms with van der Waals surface area (Å²) >= 11 is 0. The van der Waals surface area contributed by atoms with Crippen molar-refractivity contribution < 1.29 is 4.79 Å². The van der Waals surface area contributed by atoms with Crippen LogP contribution in [0.15, 0.2) is 0 Å². The molecule has 1 amide bonds. The second-order valence-corrected chi connectivity index (χ2v) is 4.45. The van der Waals surface area contributed by atoms with Crippen LogP contribution < -0.4 is 11.1 Å². The zero-order chi connectivity index (χ0) is 11.1. The molecule has 1 fully saturated rings. The molecule has 15 heavy (non-hydrogen) atoms. The molecule has 1 atom stereocenters. The SMILES string of the molecule is CN1CCC(CCNC(=O)CCCN)C1. The van der Waals surface area contributed by atoms with Crippen molar-refractivity contribution in [2.24, 2.45) is 11.7 Å². The van der Waals surface area contributed by atoms with Crippen LogP contribution in [0.3, 0.4) is 0 Å². The van der Waals surface area contributed by atoms with Gasteiger partial charge in [-0.15, -0.1) is 0 Å². The Kier molecular flexibility index (Phi) is 5.65. The van der Waals surface area contributed by atoms with E-state index in [4.69, 9.17) is 5.73 Å². The first-order chi connectivity index (χ1) is 7.22. The number of nitrogens with one attached hydrogen (secondary N) is 1. The molecule has 1 saturated heterocycles. The van der Waals surface area contributed by atoms with Crippen LogP contribution in [0.1, 0.15) is 25.7 Å². The van der Waals surface area contributed by atoms with E-state index in [-0.39, 0.29) is 5.91 Å². The van der Waals surface area contributed by atoms with E-state index in [1.54, 1.807) is 0 Å². The molecule has 1 rings (SSSR count). The Labute approximate surface area is 92.2 Å². The number of amides is 1. The number of rotatable bonds is 6. The molecule has 88 valence electrons. The Balaban J connectivity index is 1.98. The third-order valence-electron chi connectivity index (χ3n) is 2.97. The molecule has 0 spiro atoms. The second-order valence-electron chi connectivity index (χ2n) is 4.45. The van der Waals surface area contributed by atoms with Crippen LogP contribution in [0.5, 0.6) is 0 Å². The van der Waals surface area contributed by atoms with Crippen molar-refractivity contribution in [1.82, 2.24) is 10.2 Å². The van der Waals surface area contributed by atoms with Gasteiger partial charge >= 0.3 is 0 Å². The van der Waals surface area contributed by atoms with Crippen molar-refractivity contribution in [2.45, 2.75) is 25.7 Å². The molecular weight excluding hydrogens is 190 g/mol. The predicted octanol–water partition coefficient (Wildman–Crippen LogP) is 0.183. The summed E-state index contributed by atoms with van der Waals surface area (Å²) in [4.78, 5) is 13.6.